The molecule has 2 aliphatic rings. The van der Waals surface area contributed by atoms with Crippen molar-refractivity contribution in [2.45, 2.75) is 25.4 Å². The minimum Gasteiger partial charge on any atom is -0.368 e. The maximum atomic E-state index is 12.5. The van der Waals surface area contributed by atoms with Crippen LogP contribution >= 0.6 is 24.0 Å². The molecule has 1 amide bonds. The van der Waals surface area contributed by atoms with Crippen LogP contribution in [0.5, 0.6) is 0 Å². The number of ether oxygens (including phenoxy) is 1. The fraction of sp³-hybridized carbons (Fsp3) is 0.478. The summed E-state index contributed by atoms with van der Waals surface area (Å²) in [5.74, 6) is 1.07. The first-order valence-electron chi connectivity index (χ1n) is 10.6. The lowest BCUT2D eigenvalue weighted by molar-refractivity contribution is -0.142. The molecule has 2 aromatic carbocycles. The highest BCUT2D eigenvalue weighted by Crippen LogP contribution is 2.17. The second-order valence-electron chi connectivity index (χ2n) is 7.72. The Morgan fingerprint density at radius 2 is 1.83 bits per heavy atom. The van der Waals surface area contributed by atoms with Crippen LogP contribution < -0.4 is 5.32 Å². The summed E-state index contributed by atoms with van der Waals surface area (Å²) < 4.78 is 5.54. The first-order chi connectivity index (χ1) is 14.2. The van der Waals surface area contributed by atoms with E-state index in [0.29, 0.717) is 6.61 Å². The van der Waals surface area contributed by atoms with Gasteiger partial charge in [-0.05, 0) is 35.6 Å². The van der Waals surface area contributed by atoms with Crippen molar-refractivity contribution in [3.05, 3.63) is 48.0 Å². The number of benzene rings is 2. The summed E-state index contributed by atoms with van der Waals surface area (Å²) in [5, 5.41) is 6.04. The molecule has 7 heteroatoms. The largest absolute Gasteiger partial charge is 0.368 e. The second-order valence-corrected chi connectivity index (χ2v) is 7.72. The number of piperazine rings is 1. The van der Waals surface area contributed by atoms with Gasteiger partial charge >= 0.3 is 0 Å². The SMILES string of the molecule is CN=C(NCCc1ccc2ccccc2c1)N1CCN(C(=O)C2CCCO2)CC1.I. The topological polar surface area (TPSA) is 57.2 Å². The lowest BCUT2D eigenvalue weighted by Crippen LogP contribution is -2.55. The van der Waals surface area contributed by atoms with E-state index < -0.39 is 0 Å². The number of guanidine groups is 1. The van der Waals surface area contributed by atoms with Gasteiger partial charge in [0.1, 0.15) is 6.10 Å². The molecule has 6 nitrogen and oxygen atoms in total. The summed E-state index contributed by atoms with van der Waals surface area (Å²) >= 11 is 0. The number of aliphatic imine (C=N–C) groups is 1. The van der Waals surface area contributed by atoms with E-state index in [1.165, 1.54) is 16.3 Å². The first-order valence-corrected chi connectivity index (χ1v) is 10.6. The zero-order valence-corrected chi connectivity index (χ0v) is 19.9. The molecule has 2 fully saturated rings. The Bertz CT molecular complexity index is 874. The summed E-state index contributed by atoms with van der Waals surface area (Å²) in [6.45, 7) is 4.60. The fourth-order valence-corrected chi connectivity index (χ4v) is 4.16. The third kappa shape index (κ3) is 5.43. The van der Waals surface area contributed by atoms with E-state index in [1.807, 2.05) is 11.9 Å². The van der Waals surface area contributed by atoms with Gasteiger partial charge in [-0.3, -0.25) is 9.79 Å². The lowest BCUT2D eigenvalue weighted by Gasteiger charge is -2.37. The molecule has 0 aromatic heterocycles. The van der Waals surface area contributed by atoms with Gasteiger partial charge in [-0.2, -0.15) is 0 Å². The quantitative estimate of drug-likeness (QED) is 0.381. The summed E-state index contributed by atoms with van der Waals surface area (Å²) in [5.41, 5.74) is 1.32. The second kappa shape index (κ2) is 10.9. The average Bonchev–Trinajstić information content (AvgIpc) is 3.31. The van der Waals surface area contributed by atoms with E-state index in [1.54, 1.807) is 0 Å². The Morgan fingerprint density at radius 3 is 2.53 bits per heavy atom. The number of hydrogen-bond acceptors (Lipinski definition) is 3. The molecule has 1 unspecified atom stereocenters. The molecule has 0 spiro atoms. The van der Waals surface area contributed by atoms with Crippen LogP contribution in [0.3, 0.4) is 0 Å². The van der Waals surface area contributed by atoms with Gasteiger partial charge < -0.3 is 19.9 Å². The Labute approximate surface area is 195 Å². The number of rotatable bonds is 4. The maximum absolute atomic E-state index is 12.5. The van der Waals surface area contributed by atoms with E-state index in [2.05, 4.69) is 57.7 Å². The Kier molecular flexibility index (Phi) is 8.32. The first kappa shape index (κ1) is 22.8. The van der Waals surface area contributed by atoms with E-state index in [9.17, 15) is 4.79 Å². The summed E-state index contributed by atoms with van der Waals surface area (Å²) in [6, 6.07) is 15.1. The molecular formula is C23H31IN4O2. The van der Waals surface area contributed by atoms with Gasteiger partial charge in [0.05, 0.1) is 0 Å². The average molecular weight is 522 g/mol. The van der Waals surface area contributed by atoms with Gasteiger partial charge in [-0.25, -0.2) is 0 Å². The predicted molar refractivity (Wildman–Crippen MR) is 132 cm³/mol. The molecular weight excluding hydrogens is 491 g/mol. The summed E-state index contributed by atoms with van der Waals surface area (Å²) in [4.78, 5) is 21.1. The van der Waals surface area contributed by atoms with Crippen LogP contribution in [0.4, 0.5) is 0 Å². The Morgan fingerprint density at radius 1 is 1.10 bits per heavy atom. The summed E-state index contributed by atoms with van der Waals surface area (Å²) in [6.07, 6.45) is 2.57. The van der Waals surface area contributed by atoms with Crippen molar-refractivity contribution in [1.82, 2.24) is 15.1 Å². The van der Waals surface area contributed by atoms with Crippen LogP contribution in [0.25, 0.3) is 10.8 Å². The van der Waals surface area contributed by atoms with Crippen molar-refractivity contribution in [1.29, 1.82) is 0 Å². The zero-order valence-electron chi connectivity index (χ0n) is 17.5. The van der Waals surface area contributed by atoms with Gasteiger partial charge in [0.15, 0.2) is 5.96 Å². The molecule has 2 heterocycles. The molecule has 30 heavy (non-hydrogen) atoms. The molecule has 2 aromatic rings. The molecule has 2 aliphatic heterocycles. The van der Waals surface area contributed by atoms with Crippen molar-refractivity contribution in [3.8, 4) is 0 Å². The van der Waals surface area contributed by atoms with Crippen LogP contribution in [0, 0.1) is 0 Å². The molecule has 162 valence electrons. The van der Waals surface area contributed by atoms with Gasteiger partial charge in [0.25, 0.3) is 5.91 Å². The number of hydrogen-bond donors (Lipinski definition) is 1. The fourth-order valence-electron chi connectivity index (χ4n) is 4.16. The third-order valence-corrected chi connectivity index (χ3v) is 5.82. The lowest BCUT2D eigenvalue weighted by atomic mass is 10.1. The number of halogens is 1. The number of carbonyl (C=O) groups is 1. The van der Waals surface area contributed by atoms with Crippen molar-refractivity contribution in [3.63, 3.8) is 0 Å². The highest BCUT2D eigenvalue weighted by atomic mass is 127. The molecule has 0 radical (unpaired) electrons. The molecule has 4 rings (SSSR count). The van der Waals surface area contributed by atoms with Crippen LogP contribution in [-0.4, -0.2) is 74.1 Å². The van der Waals surface area contributed by atoms with Crippen molar-refractivity contribution < 1.29 is 9.53 Å². The zero-order chi connectivity index (χ0) is 20.1. The smallest absolute Gasteiger partial charge is 0.251 e. The van der Waals surface area contributed by atoms with Crippen LogP contribution in [-0.2, 0) is 16.0 Å². The van der Waals surface area contributed by atoms with Gasteiger partial charge in [-0.15, -0.1) is 24.0 Å². The molecule has 1 atom stereocenters. The number of amides is 1. The number of fused-ring (bicyclic) bond motifs is 1. The van der Waals surface area contributed by atoms with Crippen molar-refractivity contribution in [2.75, 3.05) is 46.4 Å². The van der Waals surface area contributed by atoms with Gasteiger partial charge in [0, 0.05) is 46.4 Å². The van der Waals surface area contributed by atoms with Crippen molar-refractivity contribution >= 4 is 46.6 Å². The van der Waals surface area contributed by atoms with Crippen LogP contribution in [0.15, 0.2) is 47.5 Å². The van der Waals surface area contributed by atoms with Gasteiger partial charge in [-0.1, -0.05) is 42.5 Å². The van der Waals surface area contributed by atoms with Crippen LogP contribution in [0.1, 0.15) is 18.4 Å². The third-order valence-electron chi connectivity index (χ3n) is 5.82. The highest BCUT2D eigenvalue weighted by molar-refractivity contribution is 14.0. The summed E-state index contributed by atoms with van der Waals surface area (Å²) in [7, 11) is 1.82. The van der Waals surface area contributed by atoms with Gasteiger partial charge in [0.2, 0.25) is 0 Å². The maximum Gasteiger partial charge on any atom is 0.251 e. The molecule has 0 bridgehead atoms. The van der Waals surface area contributed by atoms with E-state index in [4.69, 9.17) is 4.74 Å². The molecule has 2 saturated heterocycles. The molecule has 0 saturated carbocycles. The van der Waals surface area contributed by atoms with E-state index >= 15 is 0 Å². The molecule has 1 N–H and O–H groups in total. The minimum absolute atomic E-state index is 0. The van der Waals surface area contributed by atoms with Crippen LogP contribution in [0.2, 0.25) is 0 Å². The number of nitrogens with zero attached hydrogens (tertiary/aromatic N) is 3. The molecule has 0 aliphatic carbocycles. The standard InChI is InChI=1S/C23H30N4O2.HI/c1-24-23(25-11-10-18-8-9-19-5-2-3-6-20(19)17-18)27-14-12-26(13-15-27)22(28)21-7-4-16-29-21;/h2-3,5-6,8-9,17,21H,4,7,10-16H2,1H3,(H,24,25);1H. The van der Waals surface area contributed by atoms with Crippen molar-refractivity contribution in [2.24, 2.45) is 4.99 Å². The normalized spacial score (nSPS) is 19.6. The monoisotopic (exact) mass is 522 g/mol. The predicted octanol–water partition coefficient (Wildman–Crippen LogP) is 2.90. The van der Waals surface area contributed by atoms with E-state index in [-0.39, 0.29) is 36.0 Å². The number of carbonyl (C=O) groups excluding carboxylic acids is 1. The highest BCUT2D eigenvalue weighted by Gasteiger charge is 2.30. The number of nitrogens with one attached hydrogen (secondary N) is 1. The Hall–Kier alpha value is -1.87. The minimum atomic E-state index is -0.221. The van der Waals surface area contributed by atoms with E-state index in [0.717, 1.165) is 57.9 Å². The Balaban J connectivity index is 0.00000256.